The van der Waals surface area contributed by atoms with Crippen molar-refractivity contribution in [2.24, 2.45) is 0 Å². The number of nitrogens with one attached hydrogen (secondary N) is 2. The summed E-state index contributed by atoms with van der Waals surface area (Å²) in [5.41, 5.74) is 2.26. The Balaban J connectivity index is 1.41. The summed E-state index contributed by atoms with van der Waals surface area (Å²) in [5, 5.41) is 5.98. The lowest BCUT2D eigenvalue weighted by Crippen LogP contribution is -2.63. The van der Waals surface area contributed by atoms with E-state index in [-0.39, 0.29) is 11.9 Å². The predicted octanol–water partition coefficient (Wildman–Crippen LogP) is 4.17. The fourth-order valence-corrected chi connectivity index (χ4v) is 4.67. The monoisotopic (exact) mass is 420 g/mol. The minimum atomic E-state index is -0.804. The number of urea groups is 1. The number of aryl methyl sites for hydroxylation is 1. The highest BCUT2D eigenvalue weighted by atomic mass is 16.2. The van der Waals surface area contributed by atoms with Crippen molar-refractivity contribution in [2.45, 2.75) is 44.6 Å². The number of benzene rings is 2. The molecule has 2 aliphatic rings. The molecular formula is C25H32N4O2. The third-order valence-corrected chi connectivity index (χ3v) is 6.47. The van der Waals surface area contributed by atoms with Crippen LogP contribution in [0.4, 0.5) is 16.2 Å². The maximum Gasteiger partial charge on any atom is 0.320 e. The average Bonchev–Trinajstić information content (AvgIpc) is 2.81. The molecule has 31 heavy (non-hydrogen) atoms. The van der Waals surface area contributed by atoms with Crippen molar-refractivity contribution in [1.82, 2.24) is 10.2 Å². The van der Waals surface area contributed by atoms with Crippen molar-refractivity contribution in [3.63, 3.8) is 0 Å². The van der Waals surface area contributed by atoms with Crippen LogP contribution in [-0.4, -0.2) is 48.6 Å². The molecule has 1 heterocycles. The van der Waals surface area contributed by atoms with E-state index in [1.807, 2.05) is 54.3 Å². The van der Waals surface area contributed by atoms with Gasteiger partial charge in [0.05, 0.1) is 0 Å². The SMILES string of the molecule is Cc1ccc(NC(=O)NC2(C(=O)N3CCN(c4ccccc4)CC3)CCCCC2)cc1. The van der Waals surface area contributed by atoms with Crippen molar-refractivity contribution < 1.29 is 9.59 Å². The lowest BCUT2D eigenvalue weighted by atomic mass is 9.80. The Hall–Kier alpha value is -3.02. The maximum absolute atomic E-state index is 13.6. The van der Waals surface area contributed by atoms with Crippen LogP contribution in [0.1, 0.15) is 37.7 Å². The summed E-state index contributed by atoms with van der Waals surface area (Å²) in [7, 11) is 0. The molecule has 6 nitrogen and oxygen atoms in total. The van der Waals surface area contributed by atoms with Gasteiger partial charge in [0.1, 0.15) is 5.54 Å². The number of piperazine rings is 1. The van der Waals surface area contributed by atoms with Crippen LogP contribution in [0, 0.1) is 6.92 Å². The molecule has 3 amide bonds. The van der Waals surface area contributed by atoms with E-state index < -0.39 is 5.54 Å². The summed E-state index contributed by atoms with van der Waals surface area (Å²) < 4.78 is 0. The standard InChI is InChI=1S/C25H32N4O2/c1-20-10-12-21(13-11-20)26-24(31)27-25(14-6-3-7-15-25)23(30)29-18-16-28(17-19-29)22-8-4-2-5-9-22/h2,4-5,8-13H,3,6-7,14-19H2,1H3,(H2,26,27,31). The summed E-state index contributed by atoms with van der Waals surface area (Å²) in [6, 6.07) is 17.7. The third kappa shape index (κ3) is 5.01. The molecule has 0 aromatic heterocycles. The van der Waals surface area contributed by atoms with Crippen LogP contribution in [0.3, 0.4) is 0 Å². The van der Waals surface area contributed by atoms with E-state index in [2.05, 4.69) is 27.7 Å². The van der Waals surface area contributed by atoms with E-state index in [4.69, 9.17) is 0 Å². The number of hydrogen-bond donors (Lipinski definition) is 2. The number of rotatable bonds is 4. The molecule has 0 unspecified atom stereocenters. The molecule has 2 aromatic rings. The Morgan fingerprint density at radius 3 is 2.13 bits per heavy atom. The van der Waals surface area contributed by atoms with E-state index in [0.717, 1.165) is 43.6 Å². The summed E-state index contributed by atoms with van der Waals surface area (Å²) in [6.07, 6.45) is 4.43. The normalized spacial score (nSPS) is 18.4. The molecule has 1 aliphatic heterocycles. The molecule has 6 heteroatoms. The largest absolute Gasteiger partial charge is 0.368 e. The molecule has 0 radical (unpaired) electrons. The molecule has 164 valence electrons. The van der Waals surface area contributed by atoms with Gasteiger partial charge >= 0.3 is 6.03 Å². The number of anilines is 2. The highest BCUT2D eigenvalue weighted by molar-refractivity contribution is 5.96. The van der Waals surface area contributed by atoms with Gasteiger partial charge in [-0.15, -0.1) is 0 Å². The second-order valence-electron chi connectivity index (χ2n) is 8.70. The molecule has 1 aliphatic carbocycles. The van der Waals surface area contributed by atoms with E-state index in [1.54, 1.807) is 0 Å². The fourth-order valence-electron chi connectivity index (χ4n) is 4.67. The van der Waals surface area contributed by atoms with Gasteiger partial charge in [-0.1, -0.05) is 55.2 Å². The van der Waals surface area contributed by atoms with Crippen LogP contribution in [-0.2, 0) is 4.79 Å². The first-order valence-corrected chi connectivity index (χ1v) is 11.3. The molecule has 0 bridgehead atoms. The number of hydrogen-bond acceptors (Lipinski definition) is 3. The number of carbonyl (C=O) groups excluding carboxylic acids is 2. The van der Waals surface area contributed by atoms with Gasteiger partial charge in [-0.25, -0.2) is 4.79 Å². The van der Waals surface area contributed by atoms with Crippen LogP contribution in [0.5, 0.6) is 0 Å². The third-order valence-electron chi connectivity index (χ3n) is 6.47. The first-order chi connectivity index (χ1) is 15.1. The Morgan fingerprint density at radius 1 is 0.839 bits per heavy atom. The van der Waals surface area contributed by atoms with Gasteiger partial charge in [-0.3, -0.25) is 4.79 Å². The Morgan fingerprint density at radius 2 is 1.48 bits per heavy atom. The Labute approximate surface area is 184 Å². The highest BCUT2D eigenvalue weighted by Gasteiger charge is 2.44. The van der Waals surface area contributed by atoms with Crippen LogP contribution in [0.25, 0.3) is 0 Å². The second-order valence-corrected chi connectivity index (χ2v) is 8.70. The van der Waals surface area contributed by atoms with Gasteiger partial charge in [0.15, 0.2) is 0 Å². The molecule has 1 saturated heterocycles. The number of amides is 3. The smallest absolute Gasteiger partial charge is 0.320 e. The van der Waals surface area contributed by atoms with Gasteiger partial charge in [0, 0.05) is 37.6 Å². The van der Waals surface area contributed by atoms with Gasteiger partial charge in [0.2, 0.25) is 5.91 Å². The number of para-hydroxylation sites is 1. The van der Waals surface area contributed by atoms with E-state index in [1.165, 1.54) is 5.69 Å². The summed E-state index contributed by atoms with van der Waals surface area (Å²) in [4.78, 5) is 30.7. The second kappa shape index (κ2) is 9.41. The van der Waals surface area contributed by atoms with E-state index in [0.29, 0.717) is 25.9 Å². The van der Waals surface area contributed by atoms with Crippen LogP contribution < -0.4 is 15.5 Å². The van der Waals surface area contributed by atoms with Crippen molar-refractivity contribution in [3.05, 3.63) is 60.2 Å². The minimum absolute atomic E-state index is 0.0685. The molecular weight excluding hydrogens is 388 g/mol. The number of nitrogens with zero attached hydrogens (tertiary/aromatic N) is 2. The van der Waals surface area contributed by atoms with Crippen LogP contribution in [0.15, 0.2) is 54.6 Å². The molecule has 2 fully saturated rings. The van der Waals surface area contributed by atoms with Crippen molar-refractivity contribution in [3.8, 4) is 0 Å². The van der Waals surface area contributed by atoms with Gasteiger partial charge in [0.25, 0.3) is 0 Å². The molecule has 1 saturated carbocycles. The van der Waals surface area contributed by atoms with Crippen molar-refractivity contribution in [1.29, 1.82) is 0 Å². The molecule has 2 N–H and O–H groups in total. The Bertz CT molecular complexity index is 883. The van der Waals surface area contributed by atoms with Crippen molar-refractivity contribution in [2.75, 3.05) is 36.4 Å². The van der Waals surface area contributed by atoms with E-state index in [9.17, 15) is 9.59 Å². The first kappa shape index (κ1) is 21.2. The fraction of sp³-hybridized carbons (Fsp3) is 0.440. The predicted molar refractivity (Wildman–Crippen MR) is 124 cm³/mol. The average molecular weight is 421 g/mol. The van der Waals surface area contributed by atoms with Crippen LogP contribution in [0.2, 0.25) is 0 Å². The summed E-state index contributed by atoms with van der Waals surface area (Å²) in [5.74, 6) is 0.0685. The maximum atomic E-state index is 13.6. The zero-order valence-electron chi connectivity index (χ0n) is 18.3. The Kier molecular flexibility index (Phi) is 6.44. The zero-order valence-corrected chi connectivity index (χ0v) is 18.3. The molecule has 2 aromatic carbocycles. The quantitative estimate of drug-likeness (QED) is 0.780. The van der Waals surface area contributed by atoms with E-state index >= 15 is 0 Å². The minimum Gasteiger partial charge on any atom is -0.368 e. The number of carbonyl (C=O) groups is 2. The molecule has 0 atom stereocenters. The lowest BCUT2D eigenvalue weighted by Gasteiger charge is -2.43. The topological polar surface area (TPSA) is 64.7 Å². The highest BCUT2D eigenvalue weighted by Crippen LogP contribution is 2.31. The van der Waals surface area contributed by atoms with Gasteiger partial charge in [-0.2, -0.15) is 0 Å². The first-order valence-electron chi connectivity index (χ1n) is 11.3. The summed E-state index contributed by atoms with van der Waals surface area (Å²) >= 11 is 0. The van der Waals surface area contributed by atoms with Crippen molar-refractivity contribution >= 4 is 23.3 Å². The molecule has 4 rings (SSSR count). The zero-order chi connectivity index (χ0) is 21.7. The van der Waals surface area contributed by atoms with Crippen LogP contribution >= 0.6 is 0 Å². The van der Waals surface area contributed by atoms with Gasteiger partial charge in [-0.05, 0) is 44.0 Å². The summed E-state index contributed by atoms with van der Waals surface area (Å²) in [6.45, 7) is 4.98. The lowest BCUT2D eigenvalue weighted by molar-refractivity contribution is -0.139. The molecule has 0 spiro atoms. The van der Waals surface area contributed by atoms with Gasteiger partial charge < -0.3 is 20.4 Å².